The van der Waals surface area contributed by atoms with Crippen molar-refractivity contribution in [2.24, 2.45) is 5.73 Å². The molecule has 1 rings (SSSR count). The van der Waals surface area contributed by atoms with E-state index < -0.39 is 12.0 Å². The minimum absolute atomic E-state index is 0.266. The first-order valence-electron chi connectivity index (χ1n) is 4.79. The molecule has 4 nitrogen and oxygen atoms in total. The van der Waals surface area contributed by atoms with E-state index in [-0.39, 0.29) is 6.42 Å². The number of hydrogen-bond donors (Lipinski definition) is 2. The van der Waals surface area contributed by atoms with Gasteiger partial charge in [0.25, 0.3) is 0 Å². The summed E-state index contributed by atoms with van der Waals surface area (Å²) in [5, 5.41) is 9.24. The second-order valence-corrected chi connectivity index (χ2v) is 3.91. The van der Waals surface area contributed by atoms with E-state index in [2.05, 4.69) is 0 Å². The third-order valence-electron chi connectivity index (χ3n) is 2.19. The van der Waals surface area contributed by atoms with Crippen LogP contribution in [0.4, 0.5) is 0 Å². The number of methoxy groups -OCH3 is 1. The molecule has 0 saturated carbocycles. The lowest BCUT2D eigenvalue weighted by Gasteiger charge is -2.09. The molecule has 5 heteroatoms. The molecule has 1 atom stereocenters. The van der Waals surface area contributed by atoms with Gasteiger partial charge in [0.05, 0.1) is 6.61 Å². The first kappa shape index (κ1) is 13.0. The van der Waals surface area contributed by atoms with Crippen molar-refractivity contribution >= 4 is 17.6 Å². The minimum atomic E-state index is -1.02. The normalized spacial score (nSPS) is 12.4. The number of carboxylic acid groups (broad SMARTS) is 1. The van der Waals surface area contributed by atoms with Crippen molar-refractivity contribution < 1.29 is 14.6 Å². The van der Waals surface area contributed by atoms with Crippen LogP contribution in [-0.4, -0.2) is 24.2 Å². The highest BCUT2D eigenvalue weighted by atomic mass is 35.5. The van der Waals surface area contributed by atoms with Gasteiger partial charge in [0, 0.05) is 12.1 Å². The first-order valence-corrected chi connectivity index (χ1v) is 5.17. The van der Waals surface area contributed by atoms with E-state index in [9.17, 15) is 4.79 Å². The Morgan fingerprint density at radius 1 is 1.62 bits per heavy atom. The summed E-state index contributed by atoms with van der Waals surface area (Å²) in [4.78, 5) is 10.6. The summed E-state index contributed by atoms with van der Waals surface area (Å²) >= 11 is 6.00. The Balaban J connectivity index is 2.77. The van der Waals surface area contributed by atoms with Crippen LogP contribution >= 0.6 is 11.6 Å². The van der Waals surface area contributed by atoms with Gasteiger partial charge in [-0.1, -0.05) is 23.7 Å². The van der Waals surface area contributed by atoms with Gasteiger partial charge in [0.2, 0.25) is 0 Å². The van der Waals surface area contributed by atoms with Crippen molar-refractivity contribution in [1.29, 1.82) is 0 Å². The Morgan fingerprint density at radius 3 is 2.81 bits per heavy atom. The molecule has 1 unspecified atom stereocenters. The number of nitrogens with two attached hydrogens (primary N) is 1. The molecular formula is C11H14ClNO3. The van der Waals surface area contributed by atoms with Crippen LogP contribution in [0, 0.1) is 0 Å². The standard InChI is InChI=1S/C11H14ClNO3/c1-16-6-8-3-2-7(4-9(8)12)5-10(13)11(14)15/h2-4,10H,5-6,13H2,1H3,(H,14,15). The Bertz CT molecular complexity index is 381. The van der Waals surface area contributed by atoms with Crippen LogP contribution in [0.1, 0.15) is 11.1 Å². The lowest BCUT2D eigenvalue weighted by molar-refractivity contribution is -0.138. The van der Waals surface area contributed by atoms with Gasteiger partial charge in [0.1, 0.15) is 6.04 Å². The lowest BCUT2D eigenvalue weighted by Crippen LogP contribution is -2.32. The number of hydrogen-bond acceptors (Lipinski definition) is 3. The molecule has 0 aliphatic rings. The predicted octanol–water partition coefficient (Wildman–Crippen LogP) is 1.44. The molecule has 16 heavy (non-hydrogen) atoms. The van der Waals surface area contributed by atoms with Crippen LogP contribution in [0.15, 0.2) is 18.2 Å². The summed E-state index contributed by atoms with van der Waals surface area (Å²) in [5.74, 6) is -1.02. The largest absolute Gasteiger partial charge is 0.480 e. The second kappa shape index (κ2) is 5.84. The molecule has 0 bridgehead atoms. The van der Waals surface area contributed by atoms with Gasteiger partial charge in [-0.25, -0.2) is 0 Å². The number of aliphatic carboxylic acids is 1. The monoisotopic (exact) mass is 243 g/mol. The Morgan fingerprint density at radius 2 is 2.31 bits per heavy atom. The lowest BCUT2D eigenvalue weighted by atomic mass is 10.0. The van der Waals surface area contributed by atoms with Crippen LogP contribution in [0.2, 0.25) is 5.02 Å². The average Bonchev–Trinajstić information content (AvgIpc) is 2.22. The number of carboxylic acids is 1. The summed E-state index contributed by atoms with van der Waals surface area (Å²) in [5.41, 5.74) is 7.11. The van der Waals surface area contributed by atoms with E-state index >= 15 is 0 Å². The fourth-order valence-electron chi connectivity index (χ4n) is 1.33. The molecule has 0 saturated heterocycles. The molecule has 0 spiro atoms. The molecule has 0 radical (unpaired) electrons. The van der Waals surface area contributed by atoms with E-state index in [4.69, 9.17) is 27.2 Å². The van der Waals surface area contributed by atoms with E-state index in [1.807, 2.05) is 12.1 Å². The fraction of sp³-hybridized carbons (Fsp3) is 0.364. The average molecular weight is 244 g/mol. The van der Waals surface area contributed by atoms with Crippen molar-refractivity contribution in [2.45, 2.75) is 19.1 Å². The molecule has 0 fully saturated rings. The molecule has 0 amide bonds. The number of carbonyl (C=O) groups is 1. The number of benzene rings is 1. The quantitative estimate of drug-likeness (QED) is 0.821. The van der Waals surface area contributed by atoms with Crippen molar-refractivity contribution in [2.75, 3.05) is 7.11 Å². The maximum absolute atomic E-state index is 10.6. The van der Waals surface area contributed by atoms with Crippen molar-refractivity contribution in [3.05, 3.63) is 34.3 Å². The molecule has 1 aromatic carbocycles. The summed E-state index contributed by atoms with van der Waals surface area (Å²) < 4.78 is 4.96. The van der Waals surface area contributed by atoms with Crippen LogP contribution in [0.25, 0.3) is 0 Å². The molecule has 0 aliphatic carbocycles. The van der Waals surface area contributed by atoms with Crippen molar-refractivity contribution in [3.63, 3.8) is 0 Å². The highest BCUT2D eigenvalue weighted by Gasteiger charge is 2.12. The third-order valence-corrected chi connectivity index (χ3v) is 2.54. The molecule has 1 aromatic rings. The highest BCUT2D eigenvalue weighted by Crippen LogP contribution is 2.19. The second-order valence-electron chi connectivity index (χ2n) is 3.51. The third kappa shape index (κ3) is 3.48. The SMILES string of the molecule is COCc1ccc(CC(N)C(=O)O)cc1Cl. The Labute approximate surface area is 99.0 Å². The minimum Gasteiger partial charge on any atom is -0.480 e. The van der Waals surface area contributed by atoms with Gasteiger partial charge < -0.3 is 15.6 Å². The molecule has 0 aliphatic heterocycles. The first-order chi connectivity index (χ1) is 7.54. The molecule has 0 heterocycles. The molecule has 88 valence electrons. The van der Waals surface area contributed by atoms with Crippen LogP contribution in [-0.2, 0) is 22.6 Å². The smallest absolute Gasteiger partial charge is 0.320 e. The number of halogens is 1. The molecule has 0 aromatic heterocycles. The zero-order valence-corrected chi connectivity index (χ0v) is 9.70. The maximum atomic E-state index is 10.6. The fourth-order valence-corrected chi connectivity index (χ4v) is 1.59. The number of ether oxygens (including phenoxy) is 1. The molecular weight excluding hydrogens is 230 g/mol. The van der Waals surface area contributed by atoms with Crippen molar-refractivity contribution in [3.8, 4) is 0 Å². The summed E-state index contributed by atoms with van der Waals surface area (Å²) in [6.07, 6.45) is 0.266. The Hall–Kier alpha value is -1.10. The van der Waals surface area contributed by atoms with E-state index in [0.717, 1.165) is 11.1 Å². The summed E-state index contributed by atoms with van der Waals surface area (Å²) in [6, 6.07) is 4.45. The van der Waals surface area contributed by atoms with Crippen molar-refractivity contribution in [1.82, 2.24) is 0 Å². The maximum Gasteiger partial charge on any atom is 0.320 e. The predicted molar refractivity (Wildman–Crippen MR) is 61.5 cm³/mol. The van der Waals surface area contributed by atoms with Gasteiger partial charge in [-0.05, 0) is 23.6 Å². The Kier molecular flexibility index (Phi) is 4.73. The zero-order chi connectivity index (χ0) is 12.1. The van der Waals surface area contributed by atoms with Gasteiger partial charge in [-0.3, -0.25) is 4.79 Å². The number of rotatable bonds is 5. The van der Waals surface area contributed by atoms with Gasteiger partial charge in [-0.2, -0.15) is 0 Å². The summed E-state index contributed by atoms with van der Waals surface area (Å²) in [6.45, 7) is 0.435. The van der Waals surface area contributed by atoms with Crippen LogP contribution in [0.5, 0.6) is 0 Å². The zero-order valence-electron chi connectivity index (χ0n) is 8.94. The highest BCUT2D eigenvalue weighted by molar-refractivity contribution is 6.31. The topological polar surface area (TPSA) is 72.5 Å². The summed E-state index contributed by atoms with van der Waals surface area (Å²) in [7, 11) is 1.59. The van der Waals surface area contributed by atoms with E-state index in [1.54, 1.807) is 13.2 Å². The van der Waals surface area contributed by atoms with Gasteiger partial charge in [0.15, 0.2) is 0 Å². The van der Waals surface area contributed by atoms with Crippen LogP contribution in [0.3, 0.4) is 0 Å². The molecule has 3 N–H and O–H groups in total. The van der Waals surface area contributed by atoms with E-state index in [0.29, 0.717) is 11.6 Å². The van der Waals surface area contributed by atoms with Gasteiger partial charge >= 0.3 is 5.97 Å². The van der Waals surface area contributed by atoms with Crippen LogP contribution < -0.4 is 5.73 Å². The van der Waals surface area contributed by atoms with E-state index in [1.165, 1.54) is 0 Å². The van der Waals surface area contributed by atoms with Gasteiger partial charge in [-0.15, -0.1) is 0 Å².